The molecule has 0 aliphatic carbocycles. The summed E-state index contributed by atoms with van der Waals surface area (Å²) < 4.78 is 2.32. The molecule has 0 spiro atoms. The first kappa shape index (κ1) is 18.9. The summed E-state index contributed by atoms with van der Waals surface area (Å²) in [7, 11) is 0. The van der Waals surface area contributed by atoms with Crippen molar-refractivity contribution < 1.29 is 0 Å². The van der Waals surface area contributed by atoms with E-state index in [1.807, 2.05) is 24.3 Å². The van der Waals surface area contributed by atoms with E-state index in [0.29, 0.717) is 12.1 Å². The lowest BCUT2D eigenvalue weighted by atomic mass is 10.0. The van der Waals surface area contributed by atoms with E-state index in [4.69, 9.17) is 23.2 Å². The molecular weight excluding hydrogens is 363 g/mol. The molecule has 0 aliphatic heterocycles. The summed E-state index contributed by atoms with van der Waals surface area (Å²) in [5.74, 6) is 0. The van der Waals surface area contributed by atoms with Gasteiger partial charge in [-0.25, -0.2) is 0 Å². The first-order chi connectivity index (χ1) is 12.4. The van der Waals surface area contributed by atoms with Gasteiger partial charge in [0.1, 0.15) is 0 Å². The highest BCUT2D eigenvalue weighted by Crippen LogP contribution is 2.41. The van der Waals surface area contributed by atoms with Gasteiger partial charge in [0.15, 0.2) is 0 Å². The van der Waals surface area contributed by atoms with Gasteiger partial charge in [-0.15, -0.1) is 0 Å². The van der Waals surface area contributed by atoms with Crippen LogP contribution in [0.25, 0.3) is 22.4 Å². The first-order valence-corrected chi connectivity index (χ1v) is 9.65. The number of hydrogen-bond acceptors (Lipinski definition) is 1. The number of hydrogen-bond donors (Lipinski definition) is 1. The number of halogens is 2. The van der Waals surface area contributed by atoms with Gasteiger partial charge in [-0.2, -0.15) is 0 Å². The molecule has 4 heteroatoms. The third kappa shape index (κ3) is 3.92. The fourth-order valence-electron chi connectivity index (χ4n) is 3.12. The van der Waals surface area contributed by atoms with E-state index < -0.39 is 0 Å². The van der Waals surface area contributed by atoms with Crippen molar-refractivity contribution in [1.82, 2.24) is 4.57 Å². The van der Waals surface area contributed by atoms with Gasteiger partial charge in [0.25, 0.3) is 0 Å². The van der Waals surface area contributed by atoms with Crippen LogP contribution in [0.4, 0.5) is 5.69 Å². The van der Waals surface area contributed by atoms with Crippen LogP contribution in [-0.4, -0.2) is 10.6 Å². The highest BCUT2D eigenvalue weighted by Gasteiger charge is 2.20. The fraction of sp³-hybridized carbons (Fsp3) is 0.273. The first-order valence-electron chi connectivity index (χ1n) is 8.90. The molecule has 3 aromatic rings. The number of nitrogens with zero attached hydrogens (tertiary/aromatic N) is 1. The zero-order chi connectivity index (χ0) is 18.8. The Morgan fingerprint density at radius 1 is 0.769 bits per heavy atom. The quantitative estimate of drug-likeness (QED) is 0.479. The minimum Gasteiger partial charge on any atom is -0.381 e. The van der Waals surface area contributed by atoms with Crippen LogP contribution >= 0.6 is 23.2 Å². The fourth-order valence-corrected chi connectivity index (χ4v) is 3.37. The molecule has 0 fully saturated rings. The Balaban J connectivity index is 2.26. The predicted molar refractivity (Wildman–Crippen MR) is 114 cm³/mol. The second-order valence-electron chi connectivity index (χ2n) is 7.08. The maximum Gasteiger partial charge on any atom is 0.0725 e. The van der Waals surface area contributed by atoms with Gasteiger partial charge in [-0.05, 0) is 57.5 Å². The molecule has 0 saturated carbocycles. The standard InChI is InChI=1S/C22H24Cl2N2/c1-14(2)25-21-20(16-5-9-18(23)10-6-16)13-26(15(3)4)22(21)17-7-11-19(24)12-8-17/h5-15,25H,1-4H3. The van der Waals surface area contributed by atoms with Crippen LogP contribution < -0.4 is 5.32 Å². The Labute approximate surface area is 165 Å². The molecule has 0 atom stereocenters. The summed E-state index contributed by atoms with van der Waals surface area (Å²) in [5, 5.41) is 5.14. The molecule has 26 heavy (non-hydrogen) atoms. The number of benzene rings is 2. The van der Waals surface area contributed by atoms with Crippen LogP contribution in [0.15, 0.2) is 54.7 Å². The Morgan fingerprint density at radius 3 is 1.73 bits per heavy atom. The Bertz CT molecular complexity index is 876. The molecule has 0 aliphatic rings. The normalized spacial score (nSPS) is 11.4. The summed E-state index contributed by atoms with van der Waals surface area (Å²) in [6, 6.07) is 16.7. The smallest absolute Gasteiger partial charge is 0.0725 e. The summed E-state index contributed by atoms with van der Waals surface area (Å²) in [6.45, 7) is 8.71. The predicted octanol–water partition coefficient (Wildman–Crippen LogP) is 7.53. The topological polar surface area (TPSA) is 17.0 Å². The molecule has 0 amide bonds. The van der Waals surface area contributed by atoms with Crippen LogP contribution in [0, 0.1) is 0 Å². The lowest BCUT2D eigenvalue weighted by Gasteiger charge is -2.18. The van der Waals surface area contributed by atoms with Gasteiger partial charge >= 0.3 is 0 Å². The minimum absolute atomic E-state index is 0.315. The SMILES string of the molecule is CC(C)Nc1c(-c2ccc(Cl)cc2)cn(C(C)C)c1-c1ccc(Cl)cc1. The highest BCUT2D eigenvalue weighted by atomic mass is 35.5. The van der Waals surface area contributed by atoms with Gasteiger partial charge in [-0.3, -0.25) is 0 Å². The summed E-state index contributed by atoms with van der Waals surface area (Å²) in [4.78, 5) is 0. The van der Waals surface area contributed by atoms with Gasteiger partial charge in [-0.1, -0.05) is 47.5 Å². The molecule has 2 aromatic carbocycles. The maximum absolute atomic E-state index is 6.11. The molecule has 0 bridgehead atoms. The van der Waals surface area contributed by atoms with E-state index in [0.717, 1.165) is 26.9 Å². The average molecular weight is 387 g/mol. The molecular formula is C22H24Cl2N2. The van der Waals surface area contributed by atoms with Crippen molar-refractivity contribution in [2.24, 2.45) is 0 Å². The van der Waals surface area contributed by atoms with Crippen LogP contribution in [-0.2, 0) is 0 Å². The van der Waals surface area contributed by atoms with Crippen LogP contribution in [0.2, 0.25) is 10.0 Å². The number of nitrogens with one attached hydrogen (secondary N) is 1. The van der Waals surface area contributed by atoms with Crippen LogP contribution in [0.1, 0.15) is 33.7 Å². The van der Waals surface area contributed by atoms with E-state index in [9.17, 15) is 0 Å². The van der Waals surface area contributed by atoms with Crippen molar-refractivity contribution in [3.05, 3.63) is 64.8 Å². The zero-order valence-corrected chi connectivity index (χ0v) is 17.1. The third-order valence-electron chi connectivity index (χ3n) is 4.29. The Kier molecular flexibility index (Phi) is 5.64. The second kappa shape index (κ2) is 7.77. The summed E-state index contributed by atoms with van der Waals surface area (Å²) in [6.07, 6.45) is 2.22. The molecule has 136 valence electrons. The van der Waals surface area contributed by atoms with Gasteiger partial charge in [0.2, 0.25) is 0 Å². The molecule has 0 saturated heterocycles. The largest absolute Gasteiger partial charge is 0.381 e. The van der Waals surface area contributed by atoms with Crippen molar-refractivity contribution in [3.8, 4) is 22.4 Å². The van der Waals surface area contributed by atoms with Crippen molar-refractivity contribution >= 4 is 28.9 Å². The van der Waals surface area contributed by atoms with E-state index in [-0.39, 0.29) is 0 Å². The Hall–Kier alpha value is -1.90. The van der Waals surface area contributed by atoms with Crippen LogP contribution in [0.3, 0.4) is 0 Å². The number of anilines is 1. The third-order valence-corrected chi connectivity index (χ3v) is 4.80. The molecule has 0 unspecified atom stereocenters. The van der Waals surface area contributed by atoms with Crippen molar-refractivity contribution in [1.29, 1.82) is 0 Å². The van der Waals surface area contributed by atoms with E-state index in [2.05, 4.69) is 68.0 Å². The van der Waals surface area contributed by atoms with Crippen molar-refractivity contribution in [3.63, 3.8) is 0 Å². The van der Waals surface area contributed by atoms with Gasteiger partial charge in [0, 0.05) is 39.5 Å². The molecule has 1 aromatic heterocycles. The van der Waals surface area contributed by atoms with E-state index in [1.54, 1.807) is 0 Å². The maximum atomic E-state index is 6.11. The van der Waals surface area contributed by atoms with Crippen molar-refractivity contribution in [2.75, 3.05) is 5.32 Å². The lowest BCUT2D eigenvalue weighted by Crippen LogP contribution is -2.11. The minimum atomic E-state index is 0.315. The second-order valence-corrected chi connectivity index (χ2v) is 7.95. The van der Waals surface area contributed by atoms with E-state index >= 15 is 0 Å². The Morgan fingerprint density at radius 2 is 1.27 bits per heavy atom. The van der Waals surface area contributed by atoms with Crippen molar-refractivity contribution in [2.45, 2.75) is 39.8 Å². The van der Waals surface area contributed by atoms with E-state index in [1.165, 1.54) is 11.3 Å². The lowest BCUT2D eigenvalue weighted by molar-refractivity contribution is 0.610. The monoisotopic (exact) mass is 386 g/mol. The highest BCUT2D eigenvalue weighted by molar-refractivity contribution is 6.31. The van der Waals surface area contributed by atoms with Gasteiger partial charge in [0.05, 0.1) is 11.4 Å². The molecule has 1 heterocycles. The summed E-state index contributed by atoms with van der Waals surface area (Å²) >= 11 is 12.2. The number of aromatic nitrogens is 1. The number of rotatable bonds is 5. The zero-order valence-electron chi connectivity index (χ0n) is 15.6. The molecule has 2 nitrogen and oxygen atoms in total. The molecule has 0 radical (unpaired) electrons. The summed E-state index contributed by atoms with van der Waals surface area (Å²) in [5.41, 5.74) is 5.78. The molecule has 3 rings (SSSR count). The molecule has 1 N–H and O–H groups in total. The average Bonchev–Trinajstić information content (AvgIpc) is 2.95. The van der Waals surface area contributed by atoms with Gasteiger partial charge < -0.3 is 9.88 Å². The van der Waals surface area contributed by atoms with Crippen LogP contribution in [0.5, 0.6) is 0 Å².